The fourth-order valence-corrected chi connectivity index (χ4v) is 3.80. The first-order valence-electron chi connectivity index (χ1n) is 9.19. The number of nitrogens with one attached hydrogen (secondary N) is 1. The number of carbonyl (C=O) groups excluding carboxylic acids is 2. The lowest BCUT2D eigenvalue weighted by Gasteiger charge is -2.33. The van der Waals surface area contributed by atoms with Crippen molar-refractivity contribution in [3.8, 4) is 0 Å². The number of ether oxygens (including phenoxy) is 1. The third-order valence-electron chi connectivity index (χ3n) is 5.36. The van der Waals surface area contributed by atoms with Crippen LogP contribution in [0.4, 0.5) is 5.69 Å². The molecule has 1 aromatic rings. The Hall–Kier alpha value is -1.34. The van der Waals surface area contributed by atoms with Gasteiger partial charge in [0.2, 0.25) is 5.91 Å². The van der Waals surface area contributed by atoms with Crippen LogP contribution in [-0.4, -0.2) is 48.1 Å². The van der Waals surface area contributed by atoms with Crippen molar-refractivity contribution in [1.29, 1.82) is 0 Å². The molecule has 2 amide bonds. The van der Waals surface area contributed by atoms with Crippen LogP contribution in [0, 0.1) is 0 Å². The summed E-state index contributed by atoms with van der Waals surface area (Å²) in [6, 6.07) is 5.21. The molecule has 2 saturated heterocycles. The molecule has 27 heavy (non-hydrogen) atoms. The van der Waals surface area contributed by atoms with Crippen LogP contribution in [-0.2, 0) is 9.53 Å². The number of likely N-dealkylation sites (tertiary alicyclic amines) is 1. The maximum Gasteiger partial charge on any atom is 0.255 e. The molecule has 0 radical (unpaired) electrons. The summed E-state index contributed by atoms with van der Waals surface area (Å²) in [4.78, 5) is 27.2. The molecule has 6 nitrogen and oxygen atoms in total. The highest BCUT2D eigenvalue weighted by molar-refractivity contribution is 6.34. The van der Waals surface area contributed by atoms with Gasteiger partial charge in [-0.1, -0.05) is 11.6 Å². The van der Waals surface area contributed by atoms with Crippen LogP contribution in [0.15, 0.2) is 18.2 Å². The highest BCUT2D eigenvalue weighted by atomic mass is 35.5. The van der Waals surface area contributed by atoms with Crippen LogP contribution in [0.5, 0.6) is 0 Å². The van der Waals surface area contributed by atoms with Gasteiger partial charge in [-0.05, 0) is 57.2 Å². The fraction of sp³-hybridized carbons (Fsp3) is 0.579. The van der Waals surface area contributed by atoms with E-state index in [1.54, 1.807) is 18.2 Å². The van der Waals surface area contributed by atoms with Crippen molar-refractivity contribution in [3.63, 3.8) is 0 Å². The number of hydrogen-bond donors (Lipinski definition) is 2. The SMILES string of the molecule is CC1CCCCN1C(=O)c1ccc(NC(=O)C2(N)CCOCC2)cc1Cl.Cl. The van der Waals surface area contributed by atoms with Crippen molar-refractivity contribution in [2.75, 3.05) is 25.1 Å². The van der Waals surface area contributed by atoms with Crippen LogP contribution < -0.4 is 11.1 Å². The van der Waals surface area contributed by atoms with Gasteiger partial charge >= 0.3 is 0 Å². The molecule has 2 aliphatic rings. The minimum absolute atomic E-state index is 0. The number of piperidine rings is 1. The van der Waals surface area contributed by atoms with Gasteiger partial charge in [0.05, 0.1) is 10.6 Å². The normalized spacial score (nSPS) is 21.9. The molecular formula is C19H27Cl2N3O3. The number of hydrogen-bond acceptors (Lipinski definition) is 4. The lowest BCUT2D eigenvalue weighted by atomic mass is 9.90. The maximum atomic E-state index is 12.8. The van der Waals surface area contributed by atoms with Crippen LogP contribution >= 0.6 is 24.0 Å². The summed E-state index contributed by atoms with van der Waals surface area (Å²) < 4.78 is 5.27. The van der Waals surface area contributed by atoms with E-state index in [9.17, 15) is 9.59 Å². The number of rotatable bonds is 3. The van der Waals surface area contributed by atoms with E-state index in [1.807, 2.05) is 4.90 Å². The van der Waals surface area contributed by atoms with Gasteiger partial charge in [-0.2, -0.15) is 0 Å². The minimum atomic E-state index is -0.928. The van der Waals surface area contributed by atoms with Crippen LogP contribution in [0.2, 0.25) is 5.02 Å². The van der Waals surface area contributed by atoms with Crippen molar-refractivity contribution in [2.24, 2.45) is 5.73 Å². The third-order valence-corrected chi connectivity index (χ3v) is 5.67. The molecule has 3 rings (SSSR count). The molecule has 1 aromatic carbocycles. The summed E-state index contributed by atoms with van der Waals surface area (Å²) >= 11 is 6.35. The monoisotopic (exact) mass is 415 g/mol. The second kappa shape index (κ2) is 9.24. The smallest absolute Gasteiger partial charge is 0.255 e. The van der Waals surface area contributed by atoms with Crippen molar-refractivity contribution in [2.45, 2.75) is 50.6 Å². The number of anilines is 1. The summed E-state index contributed by atoms with van der Waals surface area (Å²) in [6.07, 6.45) is 4.14. The molecule has 1 atom stereocenters. The van der Waals surface area contributed by atoms with Gasteiger partial charge in [0, 0.05) is 31.5 Å². The fourth-order valence-electron chi connectivity index (χ4n) is 3.54. The van der Waals surface area contributed by atoms with Crippen molar-refractivity contribution < 1.29 is 14.3 Å². The molecule has 3 N–H and O–H groups in total. The Labute approximate surface area is 171 Å². The van der Waals surface area contributed by atoms with E-state index in [2.05, 4.69) is 12.2 Å². The first kappa shape index (κ1) is 22.0. The van der Waals surface area contributed by atoms with E-state index in [-0.39, 0.29) is 30.3 Å². The van der Waals surface area contributed by atoms with Crippen molar-refractivity contribution in [1.82, 2.24) is 4.90 Å². The topological polar surface area (TPSA) is 84.7 Å². The molecule has 2 fully saturated rings. The highest BCUT2D eigenvalue weighted by Gasteiger charge is 2.36. The zero-order valence-electron chi connectivity index (χ0n) is 15.5. The number of amides is 2. The second-order valence-corrected chi connectivity index (χ2v) is 7.67. The Morgan fingerprint density at radius 2 is 2.00 bits per heavy atom. The average molecular weight is 416 g/mol. The quantitative estimate of drug-likeness (QED) is 0.793. The largest absolute Gasteiger partial charge is 0.381 e. The minimum Gasteiger partial charge on any atom is -0.381 e. The average Bonchev–Trinajstić information content (AvgIpc) is 2.62. The number of benzene rings is 1. The molecule has 0 saturated carbocycles. The Bertz CT molecular complexity index is 693. The van der Waals surface area contributed by atoms with E-state index in [0.29, 0.717) is 42.3 Å². The van der Waals surface area contributed by atoms with Gasteiger partial charge in [-0.15, -0.1) is 12.4 Å². The summed E-state index contributed by atoms with van der Waals surface area (Å²) in [7, 11) is 0. The molecule has 0 aromatic heterocycles. The predicted molar refractivity (Wildman–Crippen MR) is 109 cm³/mol. The first-order valence-corrected chi connectivity index (χ1v) is 9.57. The van der Waals surface area contributed by atoms with Crippen molar-refractivity contribution in [3.05, 3.63) is 28.8 Å². The molecule has 8 heteroatoms. The molecule has 1 unspecified atom stereocenters. The molecule has 0 bridgehead atoms. The Balaban J connectivity index is 0.00000261. The summed E-state index contributed by atoms with van der Waals surface area (Å²) in [5, 5.41) is 3.16. The summed E-state index contributed by atoms with van der Waals surface area (Å²) in [6.45, 7) is 3.78. The van der Waals surface area contributed by atoms with E-state index in [1.165, 1.54) is 0 Å². The van der Waals surface area contributed by atoms with Gasteiger partial charge in [-0.3, -0.25) is 9.59 Å². The van der Waals surface area contributed by atoms with E-state index in [0.717, 1.165) is 25.8 Å². The Kier molecular flexibility index (Phi) is 7.51. The van der Waals surface area contributed by atoms with Crippen molar-refractivity contribution >= 4 is 41.5 Å². The number of nitrogens with zero attached hydrogens (tertiary/aromatic N) is 1. The predicted octanol–water partition coefficient (Wildman–Crippen LogP) is 3.22. The summed E-state index contributed by atoms with van der Waals surface area (Å²) in [5.74, 6) is -0.305. The standard InChI is InChI=1S/C19H26ClN3O3.ClH/c1-13-4-2-3-9-23(13)17(24)15-6-5-14(12-16(15)20)22-18(25)19(21)7-10-26-11-8-19;/h5-6,12-13H,2-4,7-11,21H2,1H3,(H,22,25);1H. The third kappa shape index (κ3) is 4.93. The molecule has 0 aliphatic carbocycles. The number of nitrogens with two attached hydrogens (primary N) is 1. The Morgan fingerprint density at radius 1 is 1.30 bits per heavy atom. The lowest BCUT2D eigenvalue weighted by molar-refractivity contribution is -0.124. The molecule has 150 valence electrons. The number of halogens is 2. The molecular weight excluding hydrogens is 389 g/mol. The van der Waals surface area contributed by atoms with Crippen LogP contribution in [0.1, 0.15) is 49.4 Å². The van der Waals surface area contributed by atoms with Gasteiger partial charge < -0.3 is 20.7 Å². The number of carbonyl (C=O) groups is 2. The lowest BCUT2D eigenvalue weighted by Crippen LogP contribution is -2.54. The highest BCUT2D eigenvalue weighted by Crippen LogP contribution is 2.27. The molecule has 0 spiro atoms. The zero-order chi connectivity index (χ0) is 18.7. The molecule has 2 aliphatic heterocycles. The van der Waals surface area contributed by atoms with E-state index in [4.69, 9.17) is 22.1 Å². The maximum absolute atomic E-state index is 12.8. The van der Waals surface area contributed by atoms with E-state index >= 15 is 0 Å². The van der Waals surface area contributed by atoms with Crippen LogP contribution in [0.3, 0.4) is 0 Å². The van der Waals surface area contributed by atoms with Gasteiger partial charge in [0.1, 0.15) is 5.54 Å². The van der Waals surface area contributed by atoms with Crippen LogP contribution in [0.25, 0.3) is 0 Å². The van der Waals surface area contributed by atoms with Gasteiger partial charge in [0.15, 0.2) is 0 Å². The second-order valence-electron chi connectivity index (χ2n) is 7.26. The zero-order valence-corrected chi connectivity index (χ0v) is 17.1. The molecule has 2 heterocycles. The Morgan fingerprint density at radius 3 is 2.63 bits per heavy atom. The van der Waals surface area contributed by atoms with Gasteiger partial charge in [0.25, 0.3) is 5.91 Å². The van der Waals surface area contributed by atoms with Gasteiger partial charge in [-0.25, -0.2) is 0 Å². The summed E-state index contributed by atoms with van der Waals surface area (Å²) in [5.41, 5.74) is 6.27. The van der Waals surface area contributed by atoms with E-state index < -0.39 is 5.54 Å². The first-order chi connectivity index (χ1) is 12.4.